The Morgan fingerprint density at radius 1 is 1.37 bits per heavy atom. The van der Waals surface area contributed by atoms with Crippen LogP contribution in [0.5, 0.6) is 0 Å². The first kappa shape index (κ1) is 13.0. The Balaban J connectivity index is 2.81. The highest BCUT2D eigenvalue weighted by molar-refractivity contribution is 6.29. The van der Waals surface area contributed by atoms with Gasteiger partial charge in [-0.25, -0.2) is 9.36 Å². The summed E-state index contributed by atoms with van der Waals surface area (Å²) in [6.07, 6.45) is 0. The highest BCUT2D eigenvalue weighted by Crippen LogP contribution is 2.22. The van der Waals surface area contributed by atoms with Crippen molar-refractivity contribution < 1.29 is 4.92 Å². The number of nitrogens with one attached hydrogen (secondary N) is 1. The molecule has 0 spiro atoms. The number of nitrogens with zero attached hydrogens (tertiary/aromatic N) is 2. The van der Waals surface area contributed by atoms with Gasteiger partial charge in [0.2, 0.25) is 0 Å². The number of nitro groups is 1. The Kier molecular flexibility index (Phi) is 3.22. The second-order valence-corrected chi connectivity index (χ2v) is 4.18. The van der Waals surface area contributed by atoms with Crippen molar-refractivity contribution in [1.82, 2.24) is 9.55 Å². The molecular formula is C11H8ClN3O4. The largest absolute Gasteiger partial charge is 0.334 e. The summed E-state index contributed by atoms with van der Waals surface area (Å²) < 4.78 is 0.800. The first-order valence-corrected chi connectivity index (χ1v) is 5.56. The summed E-state index contributed by atoms with van der Waals surface area (Å²) >= 11 is 5.55. The van der Waals surface area contributed by atoms with Gasteiger partial charge in [0, 0.05) is 12.1 Å². The fourth-order valence-corrected chi connectivity index (χ4v) is 1.92. The van der Waals surface area contributed by atoms with Gasteiger partial charge in [-0.3, -0.25) is 19.9 Å². The summed E-state index contributed by atoms with van der Waals surface area (Å²) in [5.41, 5.74) is -1.20. The number of H-pyrrole nitrogens is 1. The molecular weight excluding hydrogens is 274 g/mol. The van der Waals surface area contributed by atoms with Gasteiger partial charge in [-0.15, -0.1) is 0 Å². The second-order valence-electron chi connectivity index (χ2n) is 3.77. The predicted molar refractivity (Wildman–Crippen MR) is 69.1 cm³/mol. The van der Waals surface area contributed by atoms with E-state index in [1.165, 1.54) is 25.1 Å². The summed E-state index contributed by atoms with van der Waals surface area (Å²) in [5, 5.41) is 10.8. The summed E-state index contributed by atoms with van der Waals surface area (Å²) in [6, 6.07) is 5.18. The zero-order chi connectivity index (χ0) is 14.2. The van der Waals surface area contributed by atoms with E-state index in [-0.39, 0.29) is 22.1 Å². The number of hydrogen-bond acceptors (Lipinski definition) is 4. The Labute approximate surface area is 111 Å². The van der Waals surface area contributed by atoms with Crippen LogP contribution in [0.3, 0.4) is 0 Å². The van der Waals surface area contributed by atoms with Crippen LogP contribution in [0.1, 0.15) is 5.56 Å². The molecule has 1 heterocycles. The molecule has 1 N–H and O–H groups in total. The molecule has 0 aliphatic rings. The summed E-state index contributed by atoms with van der Waals surface area (Å²) in [5.74, 6) is 0. The molecule has 0 amide bonds. The van der Waals surface area contributed by atoms with Crippen LogP contribution in [0.25, 0.3) is 5.69 Å². The lowest BCUT2D eigenvalue weighted by Gasteiger charge is -2.07. The molecule has 0 bridgehead atoms. The van der Waals surface area contributed by atoms with Gasteiger partial charge in [0.15, 0.2) is 0 Å². The summed E-state index contributed by atoms with van der Waals surface area (Å²) in [4.78, 5) is 36.1. The molecule has 2 rings (SSSR count). The quantitative estimate of drug-likeness (QED) is 0.511. The zero-order valence-corrected chi connectivity index (χ0v) is 10.5. The number of aromatic amines is 1. The van der Waals surface area contributed by atoms with E-state index in [2.05, 4.69) is 4.98 Å². The predicted octanol–water partition coefficient (Wildman–Crippen LogP) is 1.40. The van der Waals surface area contributed by atoms with Gasteiger partial charge in [0.05, 0.1) is 16.2 Å². The van der Waals surface area contributed by atoms with E-state index in [0.717, 1.165) is 10.6 Å². The normalized spacial score (nSPS) is 10.4. The maximum Gasteiger partial charge on any atom is 0.334 e. The SMILES string of the molecule is Cc1c(-n2c(=O)cc(Cl)[nH]c2=O)cccc1[N+](=O)[O-]. The number of halogens is 1. The van der Waals surface area contributed by atoms with Crippen molar-refractivity contribution >= 4 is 17.3 Å². The zero-order valence-electron chi connectivity index (χ0n) is 9.71. The molecule has 0 fully saturated rings. The number of rotatable bonds is 2. The highest BCUT2D eigenvalue weighted by atomic mass is 35.5. The van der Waals surface area contributed by atoms with Crippen LogP contribution >= 0.6 is 11.6 Å². The van der Waals surface area contributed by atoms with Gasteiger partial charge in [0.25, 0.3) is 11.2 Å². The van der Waals surface area contributed by atoms with Gasteiger partial charge in [-0.05, 0) is 13.0 Å². The minimum Gasteiger partial charge on any atom is -0.297 e. The molecule has 0 atom stereocenters. The van der Waals surface area contributed by atoms with E-state index >= 15 is 0 Å². The molecule has 0 unspecified atom stereocenters. The smallest absolute Gasteiger partial charge is 0.297 e. The average molecular weight is 282 g/mol. The molecule has 0 radical (unpaired) electrons. The van der Waals surface area contributed by atoms with Gasteiger partial charge < -0.3 is 0 Å². The first-order chi connectivity index (χ1) is 8.91. The third-order valence-corrected chi connectivity index (χ3v) is 2.82. The molecule has 0 saturated carbocycles. The van der Waals surface area contributed by atoms with E-state index in [1.807, 2.05) is 0 Å². The lowest BCUT2D eigenvalue weighted by atomic mass is 10.1. The number of aromatic nitrogens is 2. The van der Waals surface area contributed by atoms with Crippen molar-refractivity contribution in [2.75, 3.05) is 0 Å². The molecule has 0 saturated heterocycles. The monoisotopic (exact) mass is 281 g/mol. The van der Waals surface area contributed by atoms with E-state index in [0.29, 0.717) is 0 Å². The van der Waals surface area contributed by atoms with E-state index in [9.17, 15) is 19.7 Å². The van der Waals surface area contributed by atoms with Crippen LogP contribution in [0.15, 0.2) is 33.9 Å². The molecule has 98 valence electrons. The van der Waals surface area contributed by atoms with E-state index < -0.39 is 16.2 Å². The average Bonchev–Trinajstić information content (AvgIpc) is 2.29. The van der Waals surface area contributed by atoms with Crippen molar-refractivity contribution in [2.24, 2.45) is 0 Å². The number of nitro benzene ring substituents is 1. The maximum absolute atomic E-state index is 11.8. The van der Waals surface area contributed by atoms with Crippen molar-refractivity contribution in [2.45, 2.75) is 6.92 Å². The summed E-state index contributed by atoms with van der Waals surface area (Å²) in [7, 11) is 0. The lowest BCUT2D eigenvalue weighted by Crippen LogP contribution is -2.33. The van der Waals surface area contributed by atoms with Crippen LogP contribution in [0, 0.1) is 17.0 Å². The summed E-state index contributed by atoms with van der Waals surface area (Å²) in [6.45, 7) is 1.47. The third-order valence-electron chi connectivity index (χ3n) is 2.61. The first-order valence-electron chi connectivity index (χ1n) is 5.18. The fraction of sp³-hybridized carbons (Fsp3) is 0.0909. The molecule has 0 aliphatic heterocycles. The standard InChI is InChI=1S/C11H8ClN3O4/c1-6-7(3-2-4-8(6)15(18)19)14-10(16)5-9(12)13-11(14)17/h2-5H,1H3,(H,13,17). The molecule has 8 heteroatoms. The van der Waals surface area contributed by atoms with Gasteiger partial charge in [-0.1, -0.05) is 17.7 Å². The Hall–Kier alpha value is -2.41. The topological polar surface area (TPSA) is 98.0 Å². The second kappa shape index (κ2) is 4.69. The van der Waals surface area contributed by atoms with Crippen molar-refractivity contribution in [1.29, 1.82) is 0 Å². The molecule has 19 heavy (non-hydrogen) atoms. The van der Waals surface area contributed by atoms with Gasteiger partial charge >= 0.3 is 5.69 Å². The number of hydrogen-bond donors (Lipinski definition) is 1. The Bertz CT molecular complexity index is 747. The van der Waals surface area contributed by atoms with Gasteiger partial charge in [-0.2, -0.15) is 0 Å². The van der Waals surface area contributed by atoms with E-state index in [4.69, 9.17) is 11.6 Å². The van der Waals surface area contributed by atoms with Crippen LogP contribution in [0.4, 0.5) is 5.69 Å². The van der Waals surface area contributed by atoms with Crippen LogP contribution < -0.4 is 11.2 Å². The van der Waals surface area contributed by atoms with Crippen LogP contribution in [-0.2, 0) is 0 Å². The van der Waals surface area contributed by atoms with E-state index in [1.54, 1.807) is 0 Å². The minimum absolute atomic E-state index is 0.0886. The molecule has 0 aliphatic carbocycles. The number of benzene rings is 1. The maximum atomic E-state index is 11.8. The molecule has 1 aromatic carbocycles. The fourth-order valence-electron chi connectivity index (χ4n) is 1.75. The molecule has 7 nitrogen and oxygen atoms in total. The lowest BCUT2D eigenvalue weighted by molar-refractivity contribution is -0.385. The Morgan fingerprint density at radius 3 is 2.63 bits per heavy atom. The van der Waals surface area contributed by atoms with Crippen molar-refractivity contribution in [3.05, 3.63) is 65.9 Å². The minimum atomic E-state index is -0.749. The Morgan fingerprint density at radius 2 is 2.05 bits per heavy atom. The molecule has 1 aromatic heterocycles. The van der Waals surface area contributed by atoms with Crippen molar-refractivity contribution in [3.8, 4) is 5.69 Å². The highest BCUT2D eigenvalue weighted by Gasteiger charge is 2.16. The van der Waals surface area contributed by atoms with Crippen LogP contribution in [0.2, 0.25) is 5.15 Å². The third kappa shape index (κ3) is 2.27. The molecule has 2 aromatic rings. The van der Waals surface area contributed by atoms with Crippen molar-refractivity contribution in [3.63, 3.8) is 0 Å². The van der Waals surface area contributed by atoms with Crippen LogP contribution in [-0.4, -0.2) is 14.5 Å². The van der Waals surface area contributed by atoms with Gasteiger partial charge in [0.1, 0.15) is 5.15 Å².